The van der Waals surface area contributed by atoms with Gasteiger partial charge in [0.05, 0.1) is 11.2 Å². The number of thioether (sulfide) groups is 1. The SMILES string of the molecule is O=C(c1nccn1-c1ccccc1)[C@@H](Sc1ccccc1)[C@H](C[N+](=O)[O-])c1cccs1. The molecule has 8 heteroatoms. The Bertz CT molecular complexity index is 1150. The number of carbonyl (C=O) groups excluding carboxylic acids is 1. The highest BCUT2D eigenvalue weighted by Gasteiger charge is 2.37. The number of aromatic nitrogens is 2. The van der Waals surface area contributed by atoms with Crippen LogP contribution in [-0.2, 0) is 0 Å². The summed E-state index contributed by atoms with van der Waals surface area (Å²) in [5, 5.41) is 12.7. The Morgan fingerprint density at radius 2 is 1.77 bits per heavy atom. The predicted octanol–water partition coefficient (Wildman–Crippen LogP) is 5.34. The molecule has 2 aromatic heterocycles. The van der Waals surface area contributed by atoms with E-state index in [9.17, 15) is 14.9 Å². The van der Waals surface area contributed by atoms with Gasteiger partial charge in [-0.2, -0.15) is 0 Å². The Morgan fingerprint density at radius 1 is 1.06 bits per heavy atom. The molecule has 0 spiro atoms. The number of hydrogen-bond donors (Lipinski definition) is 0. The molecular formula is C23H19N3O3S2. The maximum Gasteiger partial charge on any atom is 0.213 e. The first kappa shape index (κ1) is 21.0. The fourth-order valence-corrected chi connectivity index (χ4v) is 5.53. The minimum Gasteiger partial charge on any atom is -0.297 e. The molecule has 6 nitrogen and oxygen atoms in total. The molecule has 2 aromatic carbocycles. The predicted molar refractivity (Wildman–Crippen MR) is 123 cm³/mol. The van der Waals surface area contributed by atoms with Crippen molar-refractivity contribution in [3.05, 3.63) is 111 Å². The summed E-state index contributed by atoms with van der Waals surface area (Å²) in [5.74, 6) is -0.541. The molecule has 0 fully saturated rings. The van der Waals surface area contributed by atoms with Gasteiger partial charge in [-0.15, -0.1) is 23.1 Å². The van der Waals surface area contributed by atoms with E-state index in [0.717, 1.165) is 15.5 Å². The van der Waals surface area contributed by atoms with Crippen molar-refractivity contribution < 1.29 is 9.72 Å². The number of Topliss-reactive ketones (excluding diaryl/α,β-unsaturated/α-hetero) is 1. The van der Waals surface area contributed by atoms with Crippen LogP contribution in [0.1, 0.15) is 21.4 Å². The van der Waals surface area contributed by atoms with Crippen molar-refractivity contribution in [2.75, 3.05) is 6.54 Å². The van der Waals surface area contributed by atoms with E-state index >= 15 is 0 Å². The highest BCUT2D eigenvalue weighted by atomic mass is 32.2. The van der Waals surface area contributed by atoms with Crippen molar-refractivity contribution in [2.45, 2.75) is 16.1 Å². The number of carbonyl (C=O) groups is 1. The molecule has 2 atom stereocenters. The van der Waals surface area contributed by atoms with Crippen molar-refractivity contribution in [1.82, 2.24) is 9.55 Å². The summed E-state index contributed by atoms with van der Waals surface area (Å²) in [7, 11) is 0. The minimum atomic E-state index is -0.698. The summed E-state index contributed by atoms with van der Waals surface area (Å²) >= 11 is 2.78. The monoisotopic (exact) mass is 449 g/mol. The van der Waals surface area contributed by atoms with Crippen LogP contribution in [-0.4, -0.2) is 32.1 Å². The molecule has 0 N–H and O–H groups in total. The van der Waals surface area contributed by atoms with Crippen LogP contribution in [0.5, 0.6) is 0 Å². The molecule has 0 aliphatic rings. The third kappa shape index (κ3) is 4.92. The van der Waals surface area contributed by atoms with Crippen LogP contribution in [0.25, 0.3) is 5.69 Å². The average molecular weight is 450 g/mol. The lowest BCUT2D eigenvalue weighted by Crippen LogP contribution is -2.31. The number of imidazole rings is 1. The molecule has 0 unspecified atom stereocenters. The number of nitrogens with zero attached hydrogens (tertiary/aromatic N) is 3. The quantitative estimate of drug-likeness (QED) is 0.149. The highest BCUT2D eigenvalue weighted by Crippen LogP contribution is 2.38. The van der Waals surface area contributed by atoms with Crippen LogP contribution in [0.2, 0.25) is 0 Å². The molecule has 156 valence electrons. The van der Waals surface area contributed by atoms with Gasteiger partial charge in [0, 0.05) is 32.8 Å². The van der Waals surface area contributed by atoms with E-state index < -0.39 is 11.2 Å². The first-order valence-electron chi connectivity index (χ1n) is 9.63. The molecule has 0 saturated heterocycles. The van der Waals surface area contributed by atoms with E-state index in [0.29, 0.717) is 0 Å². The molecule has 0 aliphatic carbocycles. The van der Waals surface area contributed by atoms with E-state index in [1.807, 2.05) is 78.2 Å². The Labute approximate surface area is 187 Å². The maximum atomic E-state index is 13.8. The fourth-order valence-electron chi connectivity index (χ4n) is 3.37. The van der Waals surface area contributed by atoms with Crippen molar-refractivity contribution >= 4 is 28.9 Å². The second-order valence-electron chi connectivity index (χ2n) is 6.81. The Kier molecular flexibility index (Phi) is 6.59. The van der Waals surface area contributed by atoms with E-state index in [-0.39, 0.29) is 23.1 Å². The largest absolute Gasteiger partial charge is 0.297 e. The van der Waals surface area contributed by atoms with Crippen molar-refractivity contribution in [3.8, 4) is 5.69 Å². The van der Waals surface area contributed by atoms with Crippen LogP contribution in [0, 0.1) is 10.1 Å². The highest BCUT2D eigenvalue weighted by molar-refractivity contribution is 8.00. The van der Waals surface area contributed by atoms with Gasteiger partial charge in [0.25, 0.3) is 0 Å². The van der Waals surface area contributed by atoms with Gasteiger partial charge in [-0.05, 0) is 35.7 Å². The van der Waals surface area contributed by atoms with Crippen molar-refractivity contribution in [3.63, 3.8) is 0 Å². The number of rotatable bonds is 9. The lowest BCUT2D eigenvalue weighted by molar-refractivity contribution is -0.482. The van der Waals surface area contributed by atoms with Gasteiger partial charge >= 0.3 is 0 Å². The number of para-hydroxylation sites is 1. The van der Waals surface area contributed by atoms with Crippen LogP contribution < -0.4 is 0 Å². The van der Waals surface area contributed by atoms with Gasteiger partial charge in [0.1, 0.15) is 0 Å². The van der Waals surface area contributed by atoms with Crippen LogP contribution >= 0.6 is 23.1 Å². The molecule has 2 heterocycles. The van der Waals surface area contributed by atoms with Crippen molar-refractivity contribution in [2.24, 2.45) is 0 Å². The van der Waals surface area contributed by atoms with Gasteiger partial charge in [0.15, 0.2) is 5.82 Å². The number of nitro groups is 1. The van der Waals surface area contributed by atoms with Gasteiger partial charge in [-0.25, -0.2) is 4.98 Å². The maximum absolute atomic E-state index is 13.8. The second kappa shape index (κ2) is 9.72. The zero-order valence-electron chi connectivity index (χ0n) is 16.4. The minimum absolute atomic E-state index is 0.233. The zero-order chi connectivity index (χ0) is 21.6. The first-order valence-corrected chi connectivity index (χ1v) is 11.4. The summed E-state index contributed by atoms with van der Waals surface area (Å²) in [4.78, 5) is 31.0. The standard InChI is InChI=1S/C23H19N3O3S2/c27-21(23-24-13-14-25(23)17-8-3-1-4-9-17)22(31-18-10-5-2-6-11-18)19(16-26(28)29)20-12-7-15-30-20/h1-15,19,22H,16H2/t19-,22+/m1/s1. The number of thiophene rings is 1. The topological polar surface area (TPSA) is 78.0 Å². The van der Waals surface area contributed by atoms with Gasteiger partial charge in [0.2, 0.25) is 12.3 Å². The van der Waals surface area contributed by atoms with Gasteiger partial charge in [-0.3, -0.25) is 19.5 Å². The Balaban J connectivity index is 1.76. The van der Waals surface area contributed by atoms with Crippen LogP contribution in [0.3, 0.4) is 0 Å². The summed E-state index contributed by atoms with van der Waals surface area (Å²) in [6.07, 6.45) is 3.32. The van der Waals surface area contributed by atoms with Crippen molar-refractivity contribution in [1.29, 1.82) is 0 Å². The molecule has 4 aromatic rings. The molecule has 0 saturated carbocycles. The summed E-state index contributed by atoms with van der Waals surface area (Å²) in [6, 6.07) is 22.7. The summed E-state index contributed by atoms with van der Waals surface area (Å²) < 4.78 is 1.73. The van der Waals surface area contributed by atoms with Gasteiger partial charge in [-0.1, -0.05) is 42.5 Å². The molecule has 0 bridgehead atoms. The summed E-state index contributed by atoms with van der Waals surface area (Å²) in [5.41, 5.74) is 0.814. The van der Waals surface area contributed by atoms with E-state index in [1.54, 1.807) is 17.0 Å². The Hall–Kier alpha value is -3.23. The lowest BCUT2D eigenvalue weighted by Gasteiger charge is -2.22. The average Bonchev–Trinajstić information content (AvgIpc) is 3.49. The third-order valence-corrected chi connectivity index (χ3v) is 7.13. The molecule has 0 amide bonds. The van der Waals surface area contributed by atoms with Crippen LogP contribution in [0.15, 0.2) is 95.5 Å². The second-order valence-corrected chi connectivity index (χ2v) is 9.00. The van der Waals surface area contributed by atoms with E-state index in [4.69, 9.17) is 0 Å². The lowest BCUT2D eigenvalue weighted by atomic mass is 9.99. The number of ketones is 1. The van der Waals surface area contributed by atoms with E-state index in [2.05, 4.69) is 4.98 Å². The molecule has 0 radical (unpaired) electrons. The molecule has 0 aliphatic heterocycles. The fraction of sp³-hybridized carbons (Fsp3) is 0.130. The third-order valence-electron chi connectivity index (χ3n) is 4.78. The van der Waals surface area contributed by atoms with Gasteiger partial charge < -0.3 is 0 Å². The molecule has 31 heavy (non-hydrogen) atoms. The smallest absolute Gasteiger partial charge is 0.213 e. The first-order chi connectivity index (χ1) is 15.1. The number of hydrogen-bond acceptors (Lipinski definition) is 6. The zero-order valence-corrected chi connectivity index (χ0v) is 18.0. The van der Waals surface area contributed by atoms with E-state index in [1.165, 1.54) is 23.1 Å². The Morgan fingerprint density at radius 3 is 2.42 bits per heavy atom. The normalized spacial score (nSPS) is 12.9. The van der Waals surface area contributed by atoms with Crippen LogP contribution in [0.4, 0.5) is 0 Å². The molecule has 4 rings (SSSR count). The number of benzene rings is 2. The molecular weight excluding hydrogens is 430 g/mol. The summed E-state index contributed by atoms with van der Waals surface area (Å²) in [6.45, 7) is -0.331.